The fourth-order valence-corrected chi connectivity index (χ4v) is 5.51. The highest BCUT2D eigenvalue weighted by atomic mass is 19.4. The number of hydrogen-bond acceptors (Lipinski definition) is 6. The number of rotatable bonds is 5. The van der Waals surface area contributed by atoms with Crippen molar-refractivity contribution in [1.82, 2.24) is 29.6 Å². The van der Waals surface area contributed by atoms with E-state index in [1.807, 2.05) is 12.1 Å². The Hall–Kier alpha value is -3.99. The number of alkyl halides is 3. The lowest BCUT2D eigenvalue weighted by Crippen LogP contribution is -2.32. The number of benzene rings is 1. The van der Waals surface area contributed by atoms with Crippen LogP contribution in [0.2, 0.25) is 0 Å². The smallest absolute Gasteiger partial charge is 0.328 e. The molecule has 1 aliphatic carbocycles. The zero-order valence-electron chi connectivity index (χ0n) is 21.2. The molecular weight excluding hydrogens is 507 g/mol. The third kappa shape index (κ3) is 5.44. The molecule has 1 aliphatic heterocycles. The number of nitrogens with one attached hydrogen (secondary N) is 2. The number of aromatic amines is 1. The van der Waals surface area contributed by atoms with Gasteiger partial charge < -0.3 is 15.2 Å². The number of fused-ring (bicyclic) bond motifs is 1. The summed E-state index contributed by atoms with van der Waals surface area (Å²) in [5.74, 6) is -1.19. The van der Waals surface area contributed by atoms with Gasteiger partial charge >= 0.3 is 6.18 Å². The topological polar surface area (TPSA) is 91.7 Å². The molecule has 1 aromatic carbocycles. The Morgan fingerprint density at radius 2 is 1.74 bits per heavy atom. The first-order valence-corrected chi connectivity index (χ1v) is 13.2. The van der Waals surface area contributed by atoms with Gasteiger partial charge in [-0.25, -0.2) is 4.98 Å². The van der Waals surface area contributed by atoms with Crippen LogP contribution in [0, 0.1) is 0 Å². The summed E-state index contributed by atoms with van der Waals surface area (Å²) in [6.45, 7) is 2.34. The minimum absolute atomic E-state index is 0.0861. The quantitative estimate of drug-likeness (QED) is 0.345. The first-order chi connectivity index (χ1) is 18.8. The van der Waals surface area contributed by atoms with Gasteiger partial charge in [-0.15, -0.1) is 5.10 Å². The number of nitrogens with zero attached hydrogens (tertiary/aromatic N) is 5. The molecule has 1 saturated heterocycles. The minimum Gasteiger partial charge on any atom is -0.328 e. The minimum atomic E-state index is -4.73. The number of halogens is 3. The van der Waals surface area contributed by atoms with E-state index in [1.54, 1.807) is 24.3 Å². The highest BCUT2D eigenvalue weighted by Gasteiger charge is 2.37. The lowest BCUT2D eigenvalue weighted by molar-refractivity contribution is -0.144. The van der Waals surface area contributed by atoms with Gasteiger partial charge in [-0.05, 0) is 93.1 Å². The summed E-state index contributed by atoms with van der Waals surface area (Å²) in [5.41, 5.74) is 3.96. The molecule has 1 unspecified atom stereocenters. The van der Waals surface area contributed by atoms with Crippen LogP contribution in [0.1, 0.15) is 42.6 Å². The Morgan fingerprint density at radius 3 is 2.49 bits per heavy atom. The summed E-state index contributed by atoms with van der Waals surface area (Å²) >= 11 is 0. The van der Waals surface area contributed by atoms with Gasteiger partial charge in [-0.3, -0.25) is 4.79 Å². The molecular formula is C28H28F3N7O. The fourth-order valence-electron chi connectivity index (χ4n) is 5.51. The Balaban J connectivity index is 1.30. The summed E-state index contributed by atoms with van der Waals surface area (Å²) in [6, 6.07) is 14.4. The molecule has 0 amide bonds. The van der Waals surface area contributed by atoms with Gasteiger partial charge in [0.25, 0.3) is 5.82 Å². The van der Waals surface area contributed by atoms with E-state index in [9.17, 15) is 18.0 Å². The van der Waals surface area contributed by atoms with E-state index >= 15 is 0 Å². The van der Waals surface area contributed by atoms with Gasteiger partial charge in [-0.1, -0.05) is 12.1 Å². The Labute approximate surface area is 222 Å². The van der Waals surface area contributed by atoms with Crippen LogP contribution in [-0.4, -0.2) is 48.8 Å². The van der Waals surface area contributed by atoms with Crippen molar-refractivity contribution >= 4 is 11.6 Å². The number of aromatic nitrogens is 5. The number of anilines is 2. The zero-order valence-corrected chi connectivity index (χ0v) is 21.2. The average Bonchev–Trinajstić information content (AvgIpc) is 3.56. The van der Waals surface area contributed by atoms with Crippen LogP contribution >= 0.6 is 0 Å². The predicted octanol–water partition coefficient (Wildman–Crippen LogP) is 5.12. The lowest BCUT2D eigenvalue weighted by Gasteiger charge is -2.25. The predicted molar refractivity (Wildman–Crippen MR) is 141 cm³/mol. The van der Waals surface area contributed by atoms with E-state index in [2.05, 4.69) is 36.3 Å². The molecule has 2 N–H and O–H groups in total. The molecule has 2 aliphatic rings. The Bertz CT molecular complexity index is 1520. The SMILES string of the molecule is O=c1ccc(-c2cccc(-n3nc(C(F)(F)F)nc3Nc3ccc4c(c3)CCC(N3CCCC3)CC4)n2)c[nH]1. The first-order valence-electron chi connectivity index (χ1n) is 13.2. The monoisotopic (exact) mass is 535 g/mol. The maximum absolute atomic E-state index is 13.6. The number of likely N-dealkylation sites (tertiary alicyclic amines) is 1. The Kier molecular flexibility index (Phi) is 6.68. The molecule has 8 nitrogen and oxygen atoms in total. The molecule has 1 fully saturated rings. The second kappa shape index (κ2) is 10.3. The van der Waals surface area contributed by atoms with Crippen LogP contribution in [0.3, 0.4) is 0 Å². The lowest BCUT2D eigenvalue weighted by atomic mass is 10.0. The fraction of sp³-hybridized carbons (Fsp3) is 0.357. The van der Waals surface area contributed by atoms with E-state index in [0.717, 1.165) is 30.4 Å². The summed E-state index contributed by atoms with van der Waals surface area (Å²) in [5, 5.41) is 6.80. The van der Waals surface area contributed by atoms with Crippen LogP contribution in [0.4, 0.5) is 24.8 Å². The standard InChI is InChI=1S/C28H28F3N7O/c29-28(30,31)26-35-27(38(36-26)24-5-3-4-23(34-24)20-9-13-25(39)32-17-20)33-21-10-6-18-7-11-22(12-8-19(18)16-21)37-14-1-2-15-37/h3-6,9-10,13,16-17,22H,1-2,7-8,11-12,14-15H2,(H,32,39)(H,33,35,36). The second-order valence-electron chi connectivity index (χ2n) is 10.1. The van der Waals surface area contributed by atoms with Crippen molar-refractivity contribution in [2.75, 3.05) is 18.4 Å². The van der Waals surface area contributed by atoms with Gasteiger partial charge in [0.1, 0.15) is 0 Å². The molecule has 0 spiro atoms. The van der Waals surface area contributed by atoms with Crippen molar-refractivity contribution in [2.45, 2.75) is 50.7 Å². The molecule has 4 aromatic rings. The number of pyridine rings is 2. The van der Waals surface area contributed by atoms with Crippen LogP contribution in [0.25, 0.3) is 17.1 Å². The van der Waals surface area contributed by atoms with Crippen molar-refractivity contribution in [2.24, 2.45) is 0 Å². The molecule has 39 heavy (non-hydrogen) atoms. The number of H-pyrrole nitrogens is 1. The summed E-state index contributed by atoms with van der Waals surface area (Å²) < 4.78 is 41.9. The molecule has 6 rings (SSSR count). The van der Waals surface area contributed by atoms with Crippen LogP contribution < -0.4 is 10.9 Å². The first kappa shape index (κ1) is 25.3. The third-order valence-corrected chi connectivity index (χ3v) is 7.51. The molecule has 0 radical (unpaired) electrons. The Morgan fingerprint density at radius 1 is 0.949 bits per heavy atom. The summed E-state index contributed by atoms with van der Waals surface area (Å²) in [4.78, 5) is 24.9. The molecule has 11 heteroatoms. The van der Waals surface area contributed by atoms with Gasteiger partial charge in [0.05, 0.1) is 5.69 Å². The van der Waals surface area contributed by atoms with Crippen molar-refractivity contribution in [3.63, 3.8) is 0 Å². The molecule has 0 bridgehead atoms. The highest BCUT2D eigenvalue weighted by molar-refractivity contribution is 5.60. The zero-order chi connectivity index (χ0) is 27.0. The normalized spacial score (nSPS) is 18.1. The number of aryl methyl sites for hydroxylation is 2. The van der Waals surface area contributed by atoms with Crippen molar-refractivity contribution in [3.05, 3.63) is 82.0 Å². The summed E-state index contributed by atoms with van der Waals surface area (Å²) in [7, 11) is 0. The maximum Gasteiger partial charge on any atom is 0.453 e. The van der Waals surface area contributed by atoms with Crippen LogP contribution in [-0.2, 0) is 19.0 Å². The van der Waals surface area contributed by atoms with E-state index in [1.165, 1.54) is 49.3 Å². The van der Waals surface area contributed by atoms with Gasteiger partial charge in [-0.2, -0.15) is 22.8 Å². The van der Waals surface area contributed by atoms with E-state index in [0.29, 0.717) is 23.0 Å². The van der Waals surface area contributed by atoms with E-state index in [4.69, 9.17) is 0 Å². The molecule has 202 valence electrons. The van der Waals surface area contributed by atoms with E-state index in [-0.39, 0.29) is 17.3 Å². The molecule has 1 atom stereocenters. The number of hydrogen-bond donors (Lipinski definition) is 2. The second-order valence-corrected chi connectivity index (χ2v) is 10.1. The molecule has 0 saturated carbocycles. The van der Waals surface area contributed by atoms with Crippen molar-refractivity contribution < 1.29 is 13.2 Å². The summed E-state index contributed by atoms with van der Waals surface area (Å²) in [6.07, 6.45) is 3.42. The largest absolute Gasteiger partial charge is 0.453 e. The van der Waals surface area contributed by atoms with Crippen molar-refractivity contribution in [1.29, 1.82) is 0 Å². The highest BCUT2D eigenvalue weighted by Crippen LogP contribution is 2.32. The van der Waals surface area contributed by atoms with Crippen LogP contribution in [0.15, 0.2) is 59.5 Å². The molecule has 4 heterocycles. The van der Waals surface area contributed by atoms with Gasteiger partial charge in [0.2, 0.25) is 11.5 Å². The van der Waals surface area contributed by atoms with Gasteiger partial charge in [0.15, 0.2) is 5.82 Å². The van der Waals surface area contributed by atoms with Crippen LogP contribution in [0.5, 0.6) is 0 Å². The van der Waals surface area contributed by atoms with Gasteiger partial charge in [0, 0.05) is 29.6 Å². The van der Waals surface area contributed by atoms with Crippen molar-refractivity contribution in [3.8, 4) is 17.1 Å². The van der Waals surface area contributed by atoms with E-state index < -0.39 is 12.0 Å². The molecule has 3 aromatic heterocycles. The third-order valence-electron chi connectivity index (χ3n) is 7.51. The maximum atomic E-state index is 13.6. The average molecular weight is 536 g/mol.